The molecule has 0 saturated carbocycles. The number of nitrogens with one attached hydrogen (secondary N) is 1. The van der Waals surface area contributed by atoms with E-state index in [1.807, 2.05) is 6.92 Å². The molecule has 0 saturated heterocycles. The van der Waals surface area contributed by atoms with Crippen LogP contribution in [0.5, 0.6) is 0 Å². The van der Waals surface area contributed by atoms with Crippen LogP contribution >= 0.6 is 34.8 Å². The Labute approximate surface area is 193 Å². The van der Waals surface area contributed by atoms with E-state index in [0.717, 1.165) is 11.3 Å². The summed E-state index contributed by atoms with van der Waals surface area (Å²) in [6.45, 7) is 1.66. The van der Waals surface area contributed by atoms with Gasteiger partial charge in [-0.15, -0.1) is 0 Å². The first-order valence-electron chi connectivity index (χ1n) is 9.34. The van der Waals surface area contributed by atoms with E-state index < -0.39 is 24.4 Å². The number of hydrogen-bond donors (Lipinski definition) is 1. The number of unbranched alkanes of at least 4 members (excludes halogenated alkanes) is 1. The second-order valence-electron chi connectivity index (χ2n) is 6.74. The third-order valence-corrected chi connectivity index (χ3v) is 5.36. The van der Waals surface area contributed by atoms with Gasteiger partial charge >= 0.3 is 5.97 Å². The molecule has 0 atom stereocenters. The normalized spacial score (nSPS) is 12.7. The van der Waals surface area contributed by atoms with Crippen molar-refractivity contribution < 1.29 is 23.9 Å². The van der Waals surface area contributed by atoms with E-state index in [0.29, 0.717) is 18.0 Å². The molecule has 1 heterocycles. The molecule has 0 bridgehead atoms. The van der Waals surface area contributed by atoms with Crippen molar-refractivity contribution in [2.45, 2.75) is 19.8 Å². The van der Waals surface area contributed by atoms with Crippen molar-refractivity contribution in [3.05, 3.63) is 62.1 Å². The number of carbonyl (C=O) groups is 4. The van der Waals surface area contributed by atoms with Crippen LogP contribution in [0, 0.1) is 0 Å². The molecule has 2 aromatic rings. The van der Waals surface area contributed by atoms with Gasteiger partial charge in [0, 0.05) is 11.6 Å². The zero-order valence-electron chi connectivity index (χ0n) is 16.3. The summed E-state index contributed by atoms with van der Waals surface area (Å²) in [6.07, 6.45) is 1.52. The lowest BCUT2D eigenvalue weighted by Crippen LogP contribution is -2.30. The average Bonchev–Trinajstić information content (AvgIpc) is 2.96. The summed E-state index contributed by atoms with van der Waals surface area (Å²) in [5.74, 6) is -2.33. The highest BCUT2D eigenvalue weighted by Crippen LogP contribution is 2.33. The molecule has 1 N–H and O–H groups in total. The molecule has 0 aromatic heterocycles. The first-order chi connectivity index (χ1) is 14.7. The maximum absolute atomic E-state index is 12.5. The number of halogens is 3. The number of nitrogens with zero attached hydrogens (tertiary/aromatic N) is 1. The molecular weight excluding hydrogens is 467 g/mol. The van der Waals surface area contributed by atoms with Gasteiger partial charge in [-0.05, 0) is 36.8 Å². The maximum Gasteiger partial charge on any atom is 0.338 e. The van der Waals surface area contributed by atoms with E-state index in [-0.39, 0.29) is 38.3 Å². The van der Waals surface area contributed by atoms with Crippen LogP contribution in [0.15, 0.2) is 30.3 Å². The molecule has 0 radical (unpaired) electrons. The monoisotopic (exact) mass is 482 g/mol. The van der Waals surface area contributed by atoms with Crippen LogP contribution in [-0.4, -0.2) is 41.7 Å². The van der Waals surface area contributed by atoms with Crippen molar-refractivity contribution in [3.63, 3.8) is 0 Å². The Morgan fingerprint density at radius 2 is 1.65 bits per heavy atom. The highest BCUT2D eigenvalue weighted by molar-refractivity contribution is 6.42. The van der Waals surface area contributed by atoms with Gasteiger partial charge in [-0.2, -0.15) is 0 Å². The molecule has 0 spiro atoms. The van der Waals surface area contributed by atoms with E-state index in [9.17, 15) is 19.2 Å². The number of rotatable bonds is 7. The number of esters is 1. The molecule has 1 aliphatic heterocycles. The summed E-state index contributed by atoms with van der Waals surface area (Å²) < 4.78 is 5.01. The lowest BCUT2D eigenvalue weighted by Gasteiger charge is -2.12. The number of carbonyl (C=O) groups excluding carboxylic acids is 4. The molecule has 1 aliphatic rings. The summed E-state index contributed by atoms with van der Waals surface area (Å²) in [6, 6.07) is 6.90. The molecule has 3 rings (SSSR count). The van der Waals surface area contributed by atoms with Gasteiger partial charge in [-0.25, -0.2) is 4.79 Å². The minimum absolute atomic E-state index is 0.0487. The third-order valence-electron chi connectivity index (χ3n) is 4.55. The quantitative estimate of drug-likeness (QED) is 0.449. The Morgan fingerprint density at radius 1 is 1.00 bits per heavy atom. The van der Waals surface area contributed by atoms with Gasteiger partial charge in [0.25, 0.3) is 17.7 Å². The smallest absolute Gasteiger partial charge is 0.338 e. The Morgan fingerprint density at radius 3 is 2.29 bits per heavy atom. The van der Waals surface area contributed by atoms with Gasteiger partial charge in [0.05, 0.1) is 32.4 Å². The van der Waals surface area contributed by atoms with Crippen molar-refractivity contribution >= 4 is 64.2 Å². The van der Waals surface area contributed by atoms with Gasteiger partial charge in [0.15, 0.2) is 6.61 Å². The topological polar surface area (TPSA) is 92.8 Å². The Hall–Kier alpha value is -2.61. The molecule has 3 amide bonds. The second kappa shape index (κ2) is 9.68. The third kappa shape index (κ3) is 5.01. The highest BCUT2D eigenvalue weighted by atomic mass is 35.5. The van der Waals surface area contributed by atoms with Gasteiger partial charge in [-0.1, -0.05) is 48.1 Å². The maximum atomic E-state index is 12.5. The number of amides is 3. The van der Waals surface area contributed by atoms with Crippen LogP contribution in [-0.2, 0) is 9.53 Å². The van der Waals surface area contributed by atoms with Gasteiger partial charge in [0.2, 0.25) is 0 Å². The first kappa shape index (κ1) is 23.1. The lowest BCUT2D eigenvalue weighted by molar-refractivity contribution is -0.119. The molecule has 31 heavy (non-hydrogen) atoms. The predicted molar refractivity (Wildman–Crippen MR) is 117 cm³/mol. The van der Waals surface area contributed by atoms with Crippen LogP contribution in [0.25, 0.3) is 0 Å². The van der Waals surface area contributed by atoms with Crippen LogP contribution in [0.2, 0.25) is 15.1 Å². The predicted octanol–water partition coefficient (Wildman–Crippen LogP) is 4.84. The standard InChI is InChI=1S/C21H17Cl3N2O5/c1-2-3-6-26-19(28)13-5-4-11(7-14(13)20(26)29)21(30)31-10-17(27)25-18-15(23)8-12(22)9-16(18)24/h4-5,7-9H,2-3,6,10H2,1H3,(H,25,27). The summed E-state index contributed by atoms with van der Waals surface area (Å²) in [4.78, 5) is 50.5. The minimum Gasteiger partial charge on any atom is -0.452 e. The first-order valence-corrected chi connectivity index (χ1v) is 10.5. The number of ether oxygens (including phenoxy) is 1. The molecule has 162 valence electrons. The van der Waals surface area contributed by atoms with Crippen molar-refractivity contribution in [2.75, 3.05) is 18.5 Å². The fourth-order valence-electron chi connectivity index (χ4n) is 2.99. The second-order valence-corrected chi connectivity index (χ2v) is 8.00. The zero-order chi connectivity index (χ0) is 22.7. The van der Waals surface area contributed by atoms with Gasteiger partial charge < -0.3 is 10.1 Å². The number of fused-ring (bicyclic) bond motifs is 1. The van der Waals surface area contributed by atoms with E-state index in [1.54, 1.807) is 0 Å². The lowest BCUT2D eigenvalue weighted by atomic mass is 10.1. The number of imide groups is 1. The molecule has 0 fully saturated rings. The van der Waals surface area contributed by atoms with E-state index >= 15 is 0 Å². The number of hydrogen-bond acceptors (Lipinski definition) is 5. The average molecular weight is 484 g/mol. The Bertz CT molecular complexity index is 1060. The van der Waals surface area contributed by atoms with Crippen LogP contribution < -0.4 is 5.32 Å². The summed E-state index contributed by atoms with van der Waals surface area (Å²) in [7, 11) is 0. The van der Waals surface area contributed by atoms with Crippen LogP contribution in [0.3, 0.4) is 0 Å². The Kier molecular flexibility index (Phi) is 7.20. The van der Waals surface area contributed by atoms with Gasteiger partial charge in [-0.3, -0.25) is 19.3 Å². The van der Waals surface area contributed by atoms with Crippen LogP contribution in [0.1, 0.15) is 50.8 Å². The molecule has 7 nitrogen and oxygen atoms in total. The molecule has 0 unspecified atom stereocenters. The molecule has 2 aromatic carbocycles. The largest absolute Gasteiger partial charge is 0.452 e. The van der Waals surface area contributed by atoms with Crippen molar-refractivity contribution in [3.8, 4) is 0 Å². The molecule has 10 heteroatoms. The summed E-state index contributed by atoms with van der Waals surface area (Å²) >= 11 is 17.8. The number of benzene rings is 2. The SMILES string of the molecule is CCCCN1C(=O)c2ccc(C(=O)OCC(=O)Nc3c(Cl)cc(Cl)cc3Cl)cc2C1=O. The summed E-state index contributed by atoms with van der Waals surface area (Å²) in [5, 5.41) is 3.01. The van der Waals surface area contributed by atoms with Crippen LogP contribution in [0.4, 0.5) is 5.69 Å². The van der Waals surface area contributed by atoms with E-state index in [4.69, 9.17) is 39.5 Å². The summed E-state index contributed by atoms with van der Waals surface area (Å²) in [5.41, 5.74) is 0.567. The van der Waals surface area contributed by atoms with Crippen molar-refractivity contribution in [2.24, 2.45) is 0 Å². The fraction of sp³-hybridized carbons (Fsp3) is 0.238. The Balaban J connectivity index is 1.65. The van der Waals surface area contributed by atoms with Gasteiger partial charge in [0.1, 0.15) is 0 Å². The molecule has 0 aliphatic carbocycles. The number of anilines is 1. The minimum atomic E-state index is -0.821. The fourth-order valence-corrected chi connectivity index (χ4v) is 3.90. The van der Waals surface area contributed by atoms with Crippen molar-refractivity contribution in [1.82, 2.24) is 4.90 Å². The van der Waals surface area contributed by atoms with Crippen molar-refractivity contribution in [1.29, 1.82) is 0 Å². The highest BCUT2D eigenvalue weighted by Gasteiger charge is 2.35. The molecular formula is C21H17Cl3N2O5. The zero-order valence-corrected chi connectivity index (χ0v) is 18.6. The van der Waals surface area contributed by atoms with E-state index in [2.05, 4.69) is 5.32 Å². The van der Waals surface area contributed by atoms with E-state index in [1.165, 1.54) is 30.3 Å².